The summed E-state index contributed by atoms with van der Waals surface area (Å²) in [7, 11) is -1.36. The maximum absolute atomic E-state index is 12.1. The Kier molecular flexibility index (Phi) is 4.37. The number of aromatic nitrogens is 1. The van der Waals surface area contributed by atoms with Gasteiger partial charge in [-0.3, -0.25) is 9.71 Å². The van der Waals surface area contributed by atoms with E-state index < -0.39 is 10.0 Å². The van der Waals surface area contributed by atoms with Crippen LogP contribution in [0.5, 0.6) is 0 Å². The Morgan fingerprint density at radius 3 is 2.62 bits per heavy atom. The molecule has 0 radical (unpaired) electrons. The summed E-state index contributed by atoms with van der Waals surface area (Å²) in [6.07, 6.45) is 1.81. The normalized spacial score (nSPS) is 20.8. The van der Waals surface area contributed by atoms with Gasteiger partial charge in [0, 0.05) is 37.9 Å². The van der Waals surface area contributed by atoms with Crippen LogP contribution in [-0.4, -0.2) is 57.4 Å². The quantitative estimate of drug-likeness (QED) is 0.873. The Morgan fingerprint density at radius 2 is 1.88 bits per heavy atom. The molecule has 1 fully saturated rings. The maximum atomic E-state index is 12.1. The number of benzene rings is 1. The van der Waals surface area contributed by atoms with Crippen molar-refractivity contribution in [1.29, 1.82) is 0 Å². The van der Waals surface area contributed by atoms with E-state index in [-0.39, 0.29) is 4.90 Å². The van der Waals surface area contributed by atoms with Crippen LogP contribution in [0, 0.1) is 0 Å². The van der Waals surface area contributed by atoms with Crippen molar-refractivity contribution in [3.8, 4) is 0 Å². The molecule has 1 saturated heterocycles. The zero-order valence-electron chi connectivity index (χ0n) is 14.6. The van der Waals surface area contributed by atoms with Gasteiger partial charge in [0.15, 0.2) is 0 Å². The summed E-state index contributed by atoms with van der Waals surface area (Å²) in [4.78, 5) is 13.9. The lowest BCUT2D eigenvalue weighted by atomic mass is 10.2. The van der Waals surface area contributed by atoms with Crippen LogP contribution in [0.15, 0.2) is 52.5 Å². The first-order chi connectivity index (χ1) is 12.5. The highest BCUT2D eigenvalue weighted by molar-refractivity contribution is 7.90. The van der Waals surface area contributed by atoms with E-state index in [1.54, 1.807) is 18.2 Å². The van der Waals surface area contributed by atoms with Gasteiger partial charge in [0.25, 0.3) is 10.0 Å². The first-order valence-corrected chi connectivity index (χ1v) is 10.1. The SMILES string of the molecule is CN1CCN(c2ccc(CN=C3NS(=O)(=O)c4ccccc43)cn2)CC1. The highest BCUT2D eigenvalue weighted by atomic mass is 32.2. The third kappa shape index (κ3) is 3.30. The number of nitrogens with one attached hydrogen (secondary N) is 1. The summed E-state index contributed by atoms with van der Waals surface area (Å²) in [6, 6.07) is 10.9. The van der Waals surface area contributed by atoms with Crippen LogP contribution >= 0.6 is 0 Å². The minimum atomic E-state index is -3.49. The second-order valence-corrected chi connectivity index (χ2v) is 8.23. The fraction of sp³-hybridized carbons (Fsp3) is 0.333. The molecule has 26 heavy (non-hydrogen) atoms. The molecule has 0 spiro atoms. The number of hydrogen-bond donors (Lipinski definition) is 1. The van der Waals surface area contributed by atoms with Crippen molar-refractivity contribution >= 4 is 21.7 Å². The number of likely N-dealkylation sites (N-methyl/N-ethyl adjacent to an activating group) is 1. The zero-order valence-corrected chi connectivity index (χ0v) is 15.4. The van der Waals surface area contributed by atoms with Gasteiger partial charge < -0.3 is 9.80 Å². The lowest BCUT2D eigenvalue weighted by Crippen LogP contribution is -2.44. The molecule has 2 aromatic rings. The van der Waals surface area contributed by atoms with E-state index in [1.807, 2.05) is 24.4 Å². The van der Waals surface area contributed by atoms with E-state index in [0.717, 1.165) is 37.6 Å². The van der Waals surface area contributed by atoms with E-state index in [1.165, 1.54) is 0 Å². The summed E-state index contributed by atoms with van der Waals surface area (Å²) in [5, 5.41) is 0. The van der Waals surface area contributed by atoms with E-state index in [2.05, 4.69) is 31.5 Å². The molecule has 0 amide bonds. The van der Waals surface area contributed by atoms with Gasteiger partial charge in [0.1, 0.15) is 11.7 Å². The number of sulfonamides is 1. The summed E-state index contributed by atoms with van der Waals surface area (Å²) in [6.45, 7) is 4.41. The van der Waals surface area contributed by atoms with Crippen LogP contribution in [0.4, 0.5) is 5.82 Å². The van der Waals surface area contributed by atoms with Gasteiger partial charge in [-0.05, 0) is 30.8 Å². The van der Waals surface area contributed by atoms with Crippen LogP contribution in [-0.2, 0) is 16.6 Å². The minimum absolute atomic E-state index is 0.280. The van der Waals surface area contributed by atoms with Crippen LogP contribution in [0.25, 0.3) is 0 Å². The molecule has 136 valence electrons. The van der Waals surface area contributed by atoms with Crippen LogP contribution in [0.1, 0.15) is 11.1 Å². The van der Waals surface area contributed by atoms with E-state index >= 15 is 0 Å². The molecule has 1 aromatic carbocycles. The number of rotatable bonds is 3. The number of hydrogen-bond acceptors (Lipinski definition) is 6. The first kappa shape index (κ1) is 17.0. The summed E-state index contributed by atoms with van der Waals surface area (Å²) < 4.78 is 26.7. The van der Waals surface area contributed by atoms with Gasteiger partial charge in [0.05, 0.1) is 11.4 Å². The molecular formula is C18H21N5O2S. The second kappa shape index (κ2) is 6.69. The van der Waals surface area contributed by atoms with Gasteiger partial charge in [-0.25, -0.2) is 13.4 Å². The average molecular weight is 371 g/mol. The maximum Gasteiger partial charge on any atom is 0.263 e. The van der Waals surface area contributed by atoms with Crippen molar-refractivity contribution in [3.05, 3.63) is 53.7 Å². The van der Waals surface area contributed by atoms with Crippen molar-refractivity contribution in [3.63, 3.8) is 0 Å². The van der Waals surface area contributed by atoms with Gasteiger partial charge in [-0.1, -0.05) is 18.2 Å². The zero-order chi connectivity index (χ0) is 18.1. The molecule has 0 aliphatic carbocycles. The molecule has 2 aliphatic rings. The molecule has 0 unspecified atom stereocenters. The van der Waals surface area contributed by atoms with Gasteiger partial charge >= 0.3 is 0 Å². The number of piperazine rings is 1. The molecule has 1 N–H and O–H groups in total. The summed E-state index contributed by atoms with van der Waals surface area (Å²) in [5.41, 5.74) is 1.56. The Morgan fingerprint density at radius 1 is 1.12 bits per heavy atom. The predicted octanol–water partition coefficient (Wildman–Crippen LogP) is 1.07. The largest absolute Gasteiger partial charge is 0.354 e. The van der Waals surface area contributed by atoms with Crippen LogP contribution in [0.3, 0.4) is 0 Å². The second-order valence-electron chi connectivity index (χ2n) is 6.58. The molecule has 3 heterocycles. The highest BCUT2D eigenvalue weighted by Gasteiger charge is 2.29. The fourth-order valence-electron chi connectivity index (χ4n) is 3.15. The molecule has 0 saturated carbocycles. The molecule has 0 bridgehead atoms. The van der Waals surface area contributed by atoms with Crippen LogP contribution < -0.4 is 9.62 Å². The molecular weight excluding hydrogens is 350 g/mol. The molecule has 8 heteroatoms. The van der Waals surface area contributed by atoms with Crippen molar-refractivity contribution in [1.82, 2.24) is 14.6 Å². The number of fused-ring (bicyclic) bond motifs is 1. The smallest absolute Gasteiger partial charge is 0.263 e. The summed E-state index contributed by atoms with van der Waals surface area (Å²) in [5.74, 6) is 1.37. The molecule has 0 atom stereocenters. The molecule has 2 aliphatic heterocycles. The highest BCUT2D eigenvalue weighted by Crippen LogP contribution is 2.22. The molecule has 1 aromatic heterocycles. The van der Waals surface area contributed by atoms with E-state index in [4.69, 9.17) is 0 Å². The van der Waals surface area contributed by atoms with Crippen molar-refractivity contribution in [2.75, 3.05) is 38.1 Å². The summed E-state index contributed by atoms with van der Waals surface area (Å²) >= 11 is 0. The number of anilines is 1. The number of amidine groups is 1. The lowest BCUT2D eigenvalue weighted by molar-refractivity contribution is 0.312. The Labute approximate surface area is 153 Å². The third-order valence-corrected chi connectivity index (χ3v) is 6.12. The fourth-order valence-corrected chi connectivity index (χ4v) is 4.41. The number of pyridine rings is 1. The Bertz CT molecular complexity index is 932. The third-order valence-electron chi connectivity index (χ3n) is 4.72. The lowest BCUT2D eigenvalue weighted by Gasteiger charge is -2.33. The number of nitrogens with zero attached hydrogens (tertiary/aromatic N) is 4. The topological polar surface area (TPSA) is 77.9 Å². The van der Waals surface area contributed by atoms with Gasteiger partial charge in [-0.15, -0.1) is 0 Å². The monoisotopic (exact) mass is 371 g/mol. The molecule has 7 nitrogen and oxygen atoms in total. The Hall–Kier alpha value is -2.45. The predicted molar refractivity (Wildman–Crippen MR) is 101 cm³/mol. The van der Waals surface area contributed by atoms with Gasteiger partial charge in [-0.2, -0.15) is 0 Å². The van der Waals surface area contributed by atoms with E-state index in [9.17, 15) is 8.42 Å². The minimum Gasteiger partial charge on any atom is -0.354 e. The van der Waals surface area contributed by atoms with Crippen molar-refractivity contribution < 1.29 is 8.42 Å². The Balaban J connectivity index is 1.48. The standard InChI is InChI=1S/C18H21N5O2S/c1-22-8-10-23(11-9-22)17-7-6-14(12-19-17)13-20-18-15-4-2-3-5-16(15)26(24,25)21-18/h2-7,12H,8-11,13H2,1H3,(H,20,21). The van der Waals surface area contributed by atoms with Crippen molar-refractivity contribution in [2.45, 2.75) is 11.4 Å². The van der Waals surface area contributed by atoms with E-state index in [0.29, 0.717) is 17.9 Å². The van der Waals surface area contributed by atoms with Crippen LogP contribution in [0.2, 0.25) is 0 Å². The van der Waals surface area contributed by atoms with Crippen molar-refractivity contribution in [2.24, 2.45) is 4.99 Å². The average Bonchev–Trinajstić information content (AvgIpc) is 2.92. The first-order valence-electron chi connectivity index (χ1n) is 8.58. The molecule has 4 rings (SSSR count). The number of aliphatic imine (C=N–C) groups is 1. The van der Waals surface area contributed by atoms with Gasteiger partial charge in [0.2, 0.25) is 0 Å².